The molecule has 0 saturated heterocycles. The molecular weight excluding hydrogens is 377 g/mol. The average Bonchev–Trinajstić information content (AvgIpc) is 3.18. The Morgan fingerprint density at radius 2 is 1.96 bits per heavy atom. The zero-order chi connectivity index (χ0) is 18.9. The van der Waals surface area contributed by atoms with Crippen molar-refractivity contribution in [2.75, 3.05) is 0 Å². The summed E-state index contributed by atoms with van der Waals surface area (Å²) < 4.78 is 39.9. The van der Waals surface area contributed by atoms with Crippen molar-refractivity contribution in [2.45, 2.75) is 25.4 Å². The number of aromatic nitrogens is 6. The first-order valence-corrected chi connectivity index (χ1v) is 7.67. The number of aromatic amines is 1. The van der Waals surface area contributed by atoms with Crippen LogP contribution >= 0.6 is 11.6 Å². The maximum atomic E-state index is 12.7. The largest absolute Gasteiger partial charge is 0.416 e. The summed E-state index contributed by atoms with van der Waals surface area (Å²) in [6.07, 6.45) is -6.29. The Morgan fingerprint density at radius 3 is 2.54 bits per heavy atom. The second-order valence-corrected chi connectivity index (χ2v) is 5.81. The number of benzene rings is 1. The summed E-state index contributed by atoms with van der Waals surface area (Å²) in [5, 5.41) is 21.1. The van der Waals surface area contributed by atoms with E-state index in [0.29, 0.717) is 16.4 Å². The third-order valence-electron chi connectivity index (χ3n) is 3.53. The molecule has 1 unspecified atom stereocenters. The molecule has 0 radical (unpaired) electrons. The van der Waals surface area contributed by atoms with Crippen LogP contribution < -0.4 is 5.69 Å². The molecule has 2 aromatic heterocycles. The van der Waals surface area contributed by atoms with Gasteiger partial charge in [-0.15, -0.1) is 15.3 Å². The van der Waals surface area contributed by atoms with Gasteiger partial charge in [0.15, 0.2) is 17.8 Å². The number of halogens is 4. The standard InChI is InChI=1S/C14H12ClF3N6O2/c15-9-3-1-8(2-4-9)12-22-24(6-11-19-7-20-21-11)13(26)23(12)5-10(25)14(16,17)18/h1-4,7,10,25H,5-6H2,(H,19,20,21). The van der Waals surface area contributed by atoms with E-state index in [2.05, 4.69) is 20.3 Å². The lowest BCUT2D eigenvalue weighted by atomic mass is 10.2. The zero-order valence-corrected chi connectivity index (χ0v) is 13.7. The molecule has 0 fully saturated rings. The Morgan fingerprint density at radius 1 is 1.27 bits per heavy atom. The molecule has 0 amide bonds. The lowest BCUT2D eigenvalue weighted by Crippen LogP contribution is -2.37. The Balaban J connectivity index is 2.05. The van der Waals surface area contributed by atoms with Gasteiger partial charge in [-0.05, 0) is 24.3 Å². The van der Waals surface area contributed by atoms with E-state index in [-0.39, 0.29) is 12.4 Å². The Bertz CT molecular complexity index is 933. The summed E-state index contributed by atoms with van der Waals surface area (Å²) in [5.74, 6) is 0.269. The Labute approximate surface area is 148 Å². The van der Waals surface area contributed by atoms with E-state index in [0.717, 1.165) is 9.25 Å². The Hall–Kier alpha value is -2.66. The van der Waals surface area contributed by atoms with Gasteiger partial charge in [0, 0.05) is 10.6 Å². The van der Waals surface area contributed by atoms with Crippen molar-refractivity contribution in [1.29, 1.82) is 0 Å². The van der Waals surface area contributed by atoms with Gasteiger partial charge in [0.1, 0.15) is 12.9 Å². The van der Waals surface area contributed by atoms with E-state index >= 15 is 0 Å². The van der Waals surface area contributed by atoms with E-state index < -0.39 is 24.5 Å². The first-order valence-electron chi connectivity index (χ1n) is 7.29. The summed E-state index contributed by atoms with van der Waals surface area (Å²) in [7, 11) is 0. The third-order valence-corrected chi connectivity index (χ3v) is 3.78. The van der Waals surface area contributed by atoms with Gasteiger partial charge in [-0.3, -0.25) is 4.57 Å². The number of hydrogen-bond donors (Lipinski definition) is 2. The molecule has 0 aliphatic carbocycles. The second-order valence-electron chi connectivity index (χ2n) is 5.37. The third kappa shape index (κ3) is 3.78. The number of hydrogen-bond acceptors (Lipinski definition) is 5. The molecule has 12 heteroatoms. The fraction of sp³-hybridized carbons (Fsp3) is 0.286. The summed E-state index contributed by atoms with van der Waals surface area (Å²) in [6, 6.07) is 6.06. The number of rotatable bonds is 5. The average molecular weight is 389 g/mol. The topological polar surface area (TPSA) is 102 Å². The first kappa shape index (κ1) is 18.1. The van der Waals surface area contributed by atoms with Crippen molar-refractivity contribution < 1.29 is 18.3 Å². The highest BCUT2D eigenvalue weighted by Gasteiger charge is 2.39. The van der Waals surface area contributed by atoms with Crippen LogP contribution in [0.15, 0.2) is 35.4 Å². The molecule has 8 nitrogen and oxygen atoms in total. The van der Waals surface area contributed by atoms with Crippen LogP contribution in [0, 0.1) is 0 Å². The maximum absolute atomic E-state index is 12.7. The van der Waals surface area contributed by atoms with Gasteiger partial charge in [0.2, 0.25) is 0 Å². The number of nitrogens with zero attached hydrogens (tertiary/aromatic N) is 5. The van der Waals surface area contributed by atoms with Gasteiger partial charge in [-0.1, -0.05) is 11.6 Å². The highest BCUT2D eigenvalue weighted by atomic mass is 35.5. The molecule has 3 rings (SSSR count). The van der Waals surface area contributed by atoms with Gasteiger partial charge < -0.3 is 10.1 Å². The zero-order valence-electron chi connectivity index (χ0n) is 13.0. The van der Waals surface area contributed by atoms with E-state index in [1.807, 2.05) is 0 Å². The van der Waals surface area contributed by atoms with Crippen LogP contribution in [0.25, 0.3) is 11.4 Å². The fourth-order valence-electron chi connectivity index (χ4n) is 2.25. The SMILES string of the molecule is O=c1n(Cc2nnc[nH]2)nc(-c2ccc(Cl)cc2)n1CC(O)C(F)(F)F. The highest BCUT2D eigenvalue weighted by Crippen LogP contribution is 2.24. The van der Waals surface area contributed by atoms with Crippen LogP contribution in [0.3, 0.4) is 0 Å². The molecule has 0 aliphatic rings. The first-order chi connectivity index (χ1) is 12.3. The van der Waals surface area contributed by atoms with Crippen LogP contribution in [0.5, 0.6) is 0 Å². The number of aliphatic hydroxyl groups is 1. The molecule has 138 valence electrons. The lowest BCUT2D eigenvalue weighted by molar-refractivity contribution is -0.207. The monoisotopic (exact) mass is 388 g/mol. The summed E-state index contributed by atoms with van der Waals surface area (Å²) in [4.78, 5) is 15.2. The number of nitrogens with one attached hydrogen (secondary N) is 1. The highest BCUT2D eigenvalue weighted by molar-refractivity contribution is 6.30. The molecule has 1 aromatic carbocycles. The van der Waals surface area contributed by atoms with Gasteiger partial charge in [0.25, 0.3) is 0 Å². The van der Waals surface area contributed by atoms with Crippen LogP contribution in [-0.2, 0) is 13.1 Å². The predicted molar refractivity (Wildman–Crippen MR) is 84.5 cm³/mol. The van der Waals surface area contributed by atoms with E-state index in [1.165, 1.54) is 30.6 Å². The van der Waals surface area contributed by atoms with Crippen molar-refractivity contribution in [3.63, 3.8) is 0 Å². The number of H-pyrrole nitrogens is 1. The van der Waals surface area contributed by atoms with Crippen molar-refractivity contribution in [3.05, 3.63) is 51.9 Å². The molecule has 0 spiro atoms. The molecule has 3 aromatic rings. The molecule has 0 bridgehead atoms. The minimum atomic E-state index is -4.87. The summed E-state index contributed by atoms with van der Waals surface area (Å²) in [6.45, 7) is -1.11. The summed E-state index contributed by atoms with van der Waals surface area (Å²) >= 11 is 5.81. The van der Waals surface area contributed by atoms with Crippen LogP contribution in [0.1, 0.15) is 5.82 Å². The molecule has 2 N–H and O–H groups in total. The maximum Gasteiger partial charge on any atom is 0.416 e. The van der Waals surface area contributed by atoms with Crippen LogP contribution in [-0.4, -0.2) is 46.9 Å². The molecule has 0 saturated carbocycles. The summed E-state index contributed by atoms with van der Waals surface area (Å²) in [5.41, 5.74) is -0.452. The Kier molecular flexibility index (Phi) is 4.83. The van der Waals surface area contributed by atoms with Crippen LogP contribution in [0.2, 0.25) is 5.02 Å². The van der Waals surface area contributed by atoms with Crippen molar-refractivity contribution >= 4 is 11.6 Å². The minimum Gasteiger partial charge on any atom is -0.382 e. The molecule has 2 heterocycles. The van der Waals surface area contributed by atoms with Crippen molar-refractivity contribution in [2.24, 2.45) is 0 Å². The molecule has 0 aliphatic heterocycles. The molecular formula is C14H12ClF3N6O2. The minimum absolute atomic E-state index is 0.0329. The molecule has 26 heavy (non-hydrogen) atoms. The molecule has 1 atom stereocenters. The lowest BCUT2D eigenvalue weighted by Gasteiger charge is -2.15. The van der Waals surface area contributed by atoms with E-state index in [4.69, 9.17) is 11.6 Å². The van der Waals surface area contributed by atoms with Gasteiger partial charge in [0.05, 0.1) is 6.54 Å². The number of aliphatic hydroxyl groups excluding tert-OH is 1. The van der Waals surface area contributed by atoms with Crippen molar-refractivity contribution in [1.82, 2.24) is 29.5 Å². The fourth-order valence-corrected chi connectivity index (χ4v) is 2.37. The van der Waals surface area contributed by atoms with Gasteiger partial charge >= 0.3 is 11.9 Å². The van der Waals surface area contributed by atoms with Crippen molar-refractivity contribution in [3.8, 4) is 11.4 Å². The van der Waals surface area contributed by atoms with Gasteiger partial charge in [-0.25, -0.2) is 9.48 Å². The van der Waals surface area contributed by atoms with E-state index in [1.54, 1.807) is 0 Å². The number of alkyl halides is 3. The predicted octanol–water partition coefficient (Wildman–Crippen LogP) is 1.45. The quantitative estimate of drug-likeness (QED) is 0.689. The normalized spacial score (nSPS) is 13.1. The van der Waals surface area contributed by atoms with E-state index in [9.17, 15) is 23.1 Å². The van der Waals surface area contributed by atoms with Crippen LogP contribution in [0.4, 0.5) is 13.2 Å². The second kappa shape index (κ2) is 6.92. The van der Waals surface area contributed by atoms with Gasteiger partial charge in [-0.2, -0.15) is 13.2 Å². The smallest absolute Gasteiger partial charge is 0.382 e.